The van der Waals surface area contributed by atoms with Crippen molar-refractivity contribution in [3.05, 3.63) is 69.2 Å². The summed E-state index contributed by atoms with van der Waals surface area (Å²) in [6.45, 7) is 10.7. The number of nitrogens with one attached hydrogen (secondary N) is 1. The van der Waals surface area contributed by atoms with E-state index in [2.05, 4.69) is 31.1 Å². The van der Waals surface area contributed by atoms with Crippen LogP contribution < -0.4 is 15.0 Å². The zero-order valence-corrected chi connectivity index (χ0v) is 19.8. The molecular weight excluding hydrogens is 422 g/mol. The number of carbonyl (C=O) groups is 2. The smallest absolute Gasteiger partial charge is 0.275 e. The Morgan fingerprint density at radius 2 is 1.94 bits per heavy atom. The van der Waals surface area contributed by atoms with Crippen LogP contribution in [0.2, 0.25) is 0 Å². The van der Waals surface area contributed by atoms with Gasteiger partial charge in [-0.3, -0.25) is 14.5 Å². The molecular formula is C25H27N3O3S. The molecule has 0 unspecified atom stereocenters. The van der Waals surface area contributed by atoms with E-state index in [-0.39, 0.29) is 23.8 Å². The highest BCUT2D eigenvalue weighted by atomic mass is 32.1. The highest BCUT2D eigenvalue weighted by Crippen LogP contribution is 2.37. The summed E-state index contributed by atoms with van der Waals surface area (Å²) in [6, 6.07) is 11.8. The Hall–Kier alpha value is -3.19. The predicted octanol–water partition coefficient (Wildman–Crippen LogP) is 5.24. The molecule has 1 aliphatic rings. The summed E-state index contributed by atoms with van der Waals surface area (Å²) in [5.41, 5.74) is 5.16. The van der Waals surface area contributed by atoms with E-state index in [4.69, 9.17) is 4.74 Å². The average Bonchev–Trinajstić information content (AvgIpc) is 3.21. The zero-order valence-electron chi connectivity index (χ0n) is 19.0. The van der Waals surface area contributed by atoms with E-state index in [0.29, 0.717) is 23.0 Å². The molecule has 6 nitrogen and oxygen atoms in total. The first-order valence-corrected chi connectivity index (χ1v) is 11.4. The highest BCUT2D eigenvalue weighted by Gasteiger charge is 2.28. The SMILES string of the molecule is Cc1ccc(NC(=O)c2csc(CN3C(=O)COc4ccc(C(C)(C)C)cc43)n2)cc1C. The molecule has 32 heavy (non-hydrogen) atoms. The molecule has 0 saturated heterocycles. The lowest BCUT2D eigenvalue weighted by molar-refractivity contribution is -0.121. The number of aromatic nitrogens is 1. The lowest BCUT2D eigenvalue weighted by Crippen LogP contribution is -2.38. The molecule has 2 heterocycles. The van der Waals surface area contributed by atoms with Crippen molar-refractivity contribution in [3.63, 3.8) is 0 Å². The minimum atomic E-state index is -0.264. The zero-order chi connectivity index (χ0) is 23.0. The van der Waals surface area contributed by atoms with Gasteiger partial charge in [-0.25, -0.2) is 4.98 Å². The molecule has 0 atom stereocenters. The summed E-state index contributed by atoms with van der Waals surface area (Å²) in [5.74, 6) is 0.293. The second-order valence-electron chi connectivity index (χ2n) is 9.08. The quantitative estimate of drug-likeness (QED) is 0.592. The Balaban J connectivity index is 1.54. The number of carbonyl (C=O) groups excluding carboxylic acids is 2. The van der Waals surface area contributed by atoms with Crippen molar-refractivity contribution in [1.29, 1.82) is 0 Å². The Bertz CT molecular complexity index is 1190. The van der Waals surface area contributed by atoms with E-state index in [1.807, 2.05) is 50.2 Å². The summed E-state index contributed by atoms with van der Waals surface area (Å²) in [5, 5.41) is 5.31. The molecule has 1 N–H and O–H groups in total. The standard InChI is InChI=1S/C25H27N3O3S/c1-15-6-8-18(10-16(15)2)26-24(30)19-14-32-22(27-19)12-28-20-11-17(25(3,4)5)7-9-21(20)31-13-23(28)29/h6-11,14H,12-13H2,1-5H3,(H,26,30). The predicted molar refractivity (Wildman–Crippen MR) is 128 cm³/mol. The molecule has 0 aliphatic carbocycles. The number of ether oxygens (including phenoxy) is 1. The van der Waals surface area contributed by atoms with Gasteiger partial charge in [-0.05, 0) is 60.2 Å². The number of aryl methyl sites for hydroxylation is 2. The van der Waals surface area contributed by atoms with Crippen LogP contribution in [0.3, 0.4) is 0 Å². The van der Waals surface area contributed by atoms with Gasteiger partial charge in [0, 0.05) is 11.1 Å². The molecule has 0 bridgehead atoms. The third kappa shape index (κ3) is 4.53. The van der Waals surface area contributed by atoms with Gasteiger partial charge in [-0.2, -0.15) is 0 Å². The van der Waals surface area contributed by atoms with Crippen LogP contribution in [-0.2, 0) is 16.8 Å². The summed E-state index contributed by atoms with van der Waals surface area (Å²) < 4.78 is 5.63. The van der Waals surface area contributed by atoms with E-state index in [0.717, 1.165) is 22.5 Å². The number of hydrogen-bond acceptors (Lipinski definition) is 5. The topological polar surface area (TPSA) is 71.5 Å². The van der Waals surface area contributed by atoms with Crippen molar-refractivity contribution in [2.45, 2.75) is 46.6 Å². The first-order valence-electron chi connectivity index (χ1n) is 10.5. The van der Waals surface area contributed by atoms with Crippen molar-refractivity contribution in [2.75, 3.05) is 16.8 Å². The van der Waals surface area contributed by atoms with Crippen molar-refractivity contribution in [2.24, 2.45) is 0 Å². The van der Waals surface area contributed by atoms with Crippen molar-refractivity contribution >= 4 is 34.5 Å². The molecule has 2 amide bonds. The molecule has 0 spiro atoms. The largest absolute Gasteiger partial charge is 0.482 e. The summed E-state index contributed by atoms with van der Waals surface area (Å²) >= 11 is 1.37. The second-order valence-corrected chi connectivity index (χ2v) is 10.0. The minimum Gasteiger partial charge on any atom is -0.482 e. The molecule has 2 aromatic carbocycles. The van der Waals surface area contributed by atoms with Gasteiger partial charge >= 0.3 is 0 Å². The van der Waals surface area contributed by atoms with Crippen LogP contribution in [0.1, 0.15) is 53.0 Å². The van der Waals surface area contributed by atoms with Gasteiger partial charge in [-0.15, -0.1) is 11.3 Å². The summed E-state index contributed by atoms with van der Waals surface area (Å²) in [6.07, 6.45) is 0. The summed E-state index contributed by atoms with van der Waals surface area (Å²) in [7, 11) is 0. The molecule has 1 aliphatic heterocycles. The number of fused-ring (bicyclic) bond motifs is 1. The van der Waals surface area contributed by atoms with Crippen molar-refractivity contribution in [1.82, 2.24) is 4.98 Å². The van der Waals surface area contributed by atoms with Crippen LogP contribution >= 0.6 is 11.3 Å². The maximum absolute atomic E-state index is 12.7. The molecule has 4 rings (SSSR count). The summed E-state index contributed by atoms with van der Waals surface area (Å²) in [4.78, 5) is 31.5. The molecule has 0 fully saturated rings. The van der Waals surface area contributed by atoms with Crippen LogP contribution in [0, 0.1) is 13.8 Å². The van der Waals surface area contributed by atoms with Crippen molar-refractivity contribution < 1.29 is 14.3 Å². The maximum Gasteiger partial charge on any atom is 0.275 e. The van der Waals surface area contributed by atoms with Gasteiger partial charge in [0.15, 0.2) is 6.61 Å². The number of nitrogens with zero attached hydrogens (tertiary/aromatic N) is 2. The Morgan fingerprint density at radius 3 is 2.66 bits per heavy atom. The Labute approximate surface area is 192 Å². The van der Waals surface area contributed by atoms with E-state index < -0.39 is 0 Å². The Kier molecular flexibility index (Phi) is 5.77. The molecule has 7 heteroatoms. The monoisotopic (exact) mass is 449 g/mol. The second kappa shape index (κ2) is 8.39. The lowest BCUT2D eigenvalue weighted by atomic mass is 9.86. The fourth-order valence-corrected chi connectivity index (χ4v) is 4.24. The number of amides is 2. The van der Waals surface area contributed by atoms with Crippen LogP contribution in [0.15, 0.2) is 41.8 Å². The fraction of sp³-hybridized carbons (Fsp3) is 0.320. The van der Waals surface area contributed by atoms with Gasteiger partial charge < -0.3 is 10.1 Å². The normalized spacial score (nSPS) is 13.5. The van der Waals surface area contributed by atoms with Gasteiger partial charge in [0.2, 0.25) is 0 Å². The number of benzene rings is 2. The molecule has 0 radical (unpaired) electrons. The highest BCUT2D eigenvalue weighted by molar-refractivity contribution is 7.09. The van der Waals surface area contributed by atoms with Crippen LogP contribution in [0.4, 0.5) is 11.4 Å². The van der Waals surface area contributed by atoms with Gasteiger partial charge in [0.1, 0.15) is 16.5 Å². The van der Waals surface area contributed by atoms with Gasteiger partial charge in [0.25, 0.3) is 11.8 Å². The number of rotatable bonds is 4. The first-order chi connectivity index (χ1) is 15.1. The van der Waals surface area contributed by atoms with E-state index in [1.165, 1.54) is 16.9 Å². The van der Waals surface area contributed by atoms with Gasteiger partial charge in [-0.1, -0.05) is 32.9 Å². The minimum absolute atomic E-state index is 0.00659. The average molecular weight is 450 g/mol. The number of thiazole rings is 1. The third-order valence-corrected chi connectivity index (χ3v) is 6.44. The molecule has 1 aromatic heterocycles. The van der Waals surface area contributed by atoms with E-state index >= 15 is 0 Å². The Morgan fingerprint density at radius 1 is 1.16 bits per heavy atom. The van der Waals surface area contributed by atoms with E-state index in [9.17, 15) is 9.59 Å². The van der Waals surface area contributed by atoms with Gasteiger partial charge in [0.05, 0.1) is 12.2 Å². The molecule has 3 aromatic rings. The van der Waals surface area contributed by atoms with Crippen LogP contribution in [0.5, 0.6) is 5.75 Å². The van der Waals surface area contributed by atoms with Crippen molar-refractivity contribution in [3.8, 4) is 5.75 Å². The fourth-order valence-electron chi connectivity index (χ4n) is 3.48. The van der Waals surface area contributed by atoms with E-state index in [1.54, 1.807) is 10.3 Å². The number of hydrogen-bond donors (Lipinski definition) is 1. The third-order valence-electron chi connectivity index (χ3n) is 5.61. The van der Waals surface area contributed by atoms with Crippen LogP contribution in [0.25, 0.3) is 0 Å². The first kappa shape index (κ1) is 22.0. The maximum atomic E-state index is 12.7. The molecule has 166 valence electrons. The van der Waals surface area contributed by atoms with Crippen LogP contribution in [-0.4, -0.2) is 23.4 Å². The lowest BCUT2D eigenvalue weighted by Gasteiger charge is -2.30. The number of anilines is 2. The molecule has 0 saturated carbocycles.